The third-order valence-electron chi connectivity index (χ3n) is 3.02. The molecule has 0 spiro atoms. The number of carbonyl (C=O) groups is 1. The van der Waals surface area contributed by atoms with Gasteiger partial charge >= 0.3 is 0 Å². The Bertz CT molecular complexity index is 658. The van der Waals surface area contributed by atoms with Crippen LogP contribution in [0.5, 0.6) is 0 Å². The van der Waals surface area contributed by atoms with Crippen molar-refractivity contribution in [2.45, 2.75) is 13.5 Å². The lowest BCUT2D eigenvalue weighted by Crippen LogP contribution is -2.30. The van der Waals surface area contributed by atoms with E-state index in [1.165, 1.54) is 6.26 Å². The van der Waals surface area contributed by atoms with Gasteiger partial charge in [-0.15, -0.1) is 0 Å². The fourth-order valence-corrected chi connectivity index (χ4v) is 2.33. The first kappa shape index (κ1) is 14.4. The Kier molecular flexibility index (Phi) is 4.59. The molecule has 2 aromatic rings. The van der Waals surface area contributed by atoms with Gasteiger partial charge in [-0.25, -0.2) is 0 Å². The van der Waals surface area contributed by atoms with Crippen LogP contribution in [0.4, 0.5) is 0 Å². The predicted molar refractivity (Wildman–Crippen MR) is 78.0 cm³/mol. The molecule has 0 aliphatic rings. The van der Waals surface area contributed by atoms with E-state index in [9.17, 15) is 4.79 Å². The van der Waals surface area contributed by atoms with E-state index in [2.05, 4.69) is 22.0 Å². The van der Waals surface area contributed by atoms with E-state index in [4.69, 9.17) is 9.68 Å². The Morgan fingerprint density at radius 1 is 1.40 bits per heavy atom. The first-order chi connectivity index (χ1) is 9.67. The van der Waals surface area contributed by atoms with Crippen LogP contribution in [0.3, 0.4) is 0 Å². The van der Waals surface area contributed by atoms with Crippen molar-refractivity contribution in [1.29, 1.82) is 5.26 Å². The van der Waals surface area contributed by atoms with Crippen LogP contribution < -0.4 is 0 Å². The smallest absolute Gasteiger partial charge is 0.258 e. The van der Waals surface area contributed by atoms with E-state index in [1.54, 1.807) is 17.0 Å². The number of carbonyl (C=O) groups excluding carboxylic acids is 1. The van der Waals surface area contributed by atoms with Crippen LogP contribution in [0.2, 0.25) is 0 Å². The minimum Gasteiger partial charge on any atom is -0.457 e. The predicted octanol–water partition coefficient (Wildman–Crippen LogP) is 3.58. The molecule has 102 valence electrons. The number of nitrogens with zero attached hydrogens (tertiary/aromatic N) is 2. The van der Waals surface area contributed by atoms with Gasteiger partial charge in [0.15, 0.2) is 4.67 Å². The molecule has 1 aromatic carbocycles. The summed E-state index contributed by atoms with van der Waals surface area (Å²) in [6, 6.07) is 11.1. The number of rotatable bonds is 4. The molecule has 0 aliphatic heterocycles. The van der Waals surface area contributed by atoms with E-state index in [-0.39, 0.29) is 5.91 Å². The van der Waals surface area contributed by atoms with Gasteiger partial charge in [-0.3, -0.25) is 4.79 Å². The zero-order valence-electron chi connectivity index (χ0n) is 11.0. The summed E-state index contributed by atoms with van der Waals surface area (Å²) < 4.78 is 5.52. The summed E-state index contributed by atoms with van der Waals surface area (Å²) in [5.41, 5.74) is 1.91. The zero-order chi connectivity index (χ0) is 14.5. The van der Waals surface area contributed by atoms with Crippen molar-refractivity contribution in [2.75, 3.05) is 6.54 Å². The molecule has 1 amide bonds. The summed E-state index contributed by atoms with van der Waals surface area (Å²) >= 11 is 3.21. The van der Waals surface area contributed by atoms with Crippen molar-refractivity contribution in [3.63, 3.8) is 0 Å². The van der Waals surface area contributed by atoms with Gasteiger partial charge in [-0.2, -0.15) is 5.26 Å². The maximum atomic E-state index is 12.4. The third-order valence-corrected chi connectivity index (χ3v) is 3.63. The maximum absolute atomic E-state index is 12.4. The topological polar surface area (TPSA) is 57.2 Å². The Balaban J connectivity index is 2.24. The summed E-state index contributed by atoms with van der Waals surface area (Å²) in [5.74, 6) is -0.124. The van der Waals surface area contributed by atoms with Gasteiger partial charge in [0.05, 0.1) is 23.5 Å². The SMILES string of the molecule is CCN(Cc1ccccc1C#N)C(=O)c1ccoc1Br. The van der Waals surface area contributed by atoms with Gasteiger partial charge in [-0.05, 0) is 40.5 Å². The maximum Gasteiger partial charge on any atom is 0.258 e. The first-order valence-corrected chi connectivity index (χ1v) is 6.97. The molecule has 0 fully saturated rings. The lowest BCUT2D eigenvalue weighted by atomic mass is 10.1. The van der Waals surface area contributed by atoms with Crippen molar-refractivity contribution in [3.05, 3.63) is 58.0 Å². The summed E-state index contributed by atoms with van der Waals surface area (Å²) in [6.07, 6.45) is 1.47. The van der Waals surface area contributed by atoms with E-state index in [0.29, 0.717) is 28.9 Å². The van der Waals surface area contributed by atoms with Crippen molar-refractivity contribution in [3.8, 4) is 6.07 Å². The summed E-state index contributed by atoms with van der Waals surface area (Å²) in [4.78, 5) is 14.1. The highest BCUT2D eigenvalue weighted by atomic mass is 79.9. The Morgan fingerprint density at radius 3 is 2.75 bits per heavy atom. The molecule has 0 aliphatic carbocycles. The van der Waals surface area contributed by atoms with Gasteiger partial charge in [0.1, 0.15) is 0 Å². The summed E-state index contributed by atoms with van der Waals surface area (Å²) in [5, 5.41) is 9.09. The minimum absolute atomic E-state index is 0.124. The van der Waals surface area contributed by atoms with Crippen LogP contribution in [0, 0.1) is 11.3 Å². The van der Waals surface area contributed by atoms with Gasteiger partial charge in [0, 0.05) is 13.1 Å². The fourth-order valence-electron chi connectivity index (χ4n) is 1.92. The van der Waals surface area contributed by atoms with Crippen LogP contribution in [0.1, 0.15) is 28.4 Å². The molecule has 2 rings (SSSR count). The van der Waals surface area contributed by atoms with Crippen LogP contribution >= 0.6 is 15.9 Å². The number of nitriles is 1. The number of halogens is 1. The second kappa shape index (κ2) is 6.40. The van der Waals surface area contributed by atoms with Gasteiger partial charge in [0.25, 0.3) is 5.91 Å². The Hall–Kier alpha value is -2.06. The highest BCUT2D eigenvalue weighted by Crippen LogP contribution is 2.21. The van der Waals surface area contributed by atoms with Crippen LogP contribution in [0.25, 0.3) is 0 Å². The molecule has 5 heteroatoms. The Labute approximate surface area is 125 Å². The summed E-state index contributed by atoms with van der Waals surface area (Å²) in [7, 11) is 0. The quantitative estimate of drug-likeness (QED) is 0.859. The molecule has 0 saturated carbocycles. The number of hydrogen-bond donors (Lipinski definition) is 0. The number of amides is 1. The van der Waals surface area contributed by atoms with Gasteiger partial charge in [-0.1, -0.05) is 18.2 Å². The molecule has 4 nitrogen and oxygen atoms in total. The largest absolute Gasteiger partial charge is 0.457 e. The lowest BCUT2D eigenvalue weighted by molar-refractivity contribution is 0.0750. The highest BCUT2D eigenvalue weighted by Gasteiger charge is 2.19. The Morgan fingerprint density at radius 2 is 2.15 bits per heavy atom. The standard InChI is InChI=1S/C15H13BrN2O2/c1-2-18(15(19)13-7-8-20-14(13)16)10-12-6-4-3-5-11(12)9-17/h3-8H,2,10H2,1H3. The average molecular weight is 333 g/mol. The third kappa shape index (κ3) is 2.91. The molecule has 1 aromatic heterocycles. The first-order valence-electron chi connectivity index (χ1n) is 6.17. The second-order valence-corrected chi connectivity index (χ2v) is 4.92. The highest BCUT2D eigenvalue weighted by molar-refractivity contribution is 9.10. The van der Waals surface area contributed by atoms with Crippen LogP contribution in [-0.4, -0.2) is 17.4 Å². The molecular weight excluding hydrogens is 320 g/mol. The molecule has 20 heavy (non-hydrogen) atoms. The molecule has 0 saturated heterocycles. The van der Waals surface area contributed by atoms with Crippen molar-refractivity contribution >= 4 is 21.8 Å². The lowest BCUT2D eigenvalue weighted by Gasteiger charge is -2.21. The number of hydrogen-bond acceptors (Lipinski definition) is 3. The molecule has 0 unspecified atom stereocenters. The zero-order valence-corrected chi connectivity index (χ0v) is 12.6. The van der Waals surface area contributed by atoms with Crippen LogP contribution in [-0.2, 0) is 6.54 Å². The van der Waals surface area contributed by atoms with E-state index < -0.39 is 0 Å². The van der Waals surface area contributed by atoms with Crippen LogP contribution in [0.15, 0.2) is 45.7 Å². The molecule has 1 heterocycles. The van der Waals surface area contributed by atoms with Crippen molar-refractivity contribution in [2.24, 2.45) is 0 Å². The monoisotopic (exact) mass is 332 g/mol. The molecule has 0 bridgehead atoms. The molecule has 0 radical (unpaired) electrons. The number of benzene rings is 1. The molecular formula is C15H13BrN2O2. The van der Waals surface area contributed by atoms with E-state index in [0.717, 1.165) is 5.56 Å². The molecule has 0 N–H and O–H groups in total. The number of furan rings is 1. The summed E-state index contributed by atoms with van der Waals surface area (Å²) in [6.45, 7) is 2.85. The average Bonchev–Trinajstić information content (AvgIpc) is 2.90. The van der Waals surface area contributed by atoms with Gasteiger partial charge in [0.2, 0.25) is 0 Å². The molecule has 0 atom stereocenters. The minimum atomic E-state index is -0.124. The van der Waals surface area contributed by atoms with Crippen molar-refractivity contribution in [1.82, 2.24) is 4.90 Å². The normalized spacial score (nSPS) is 10.1. The fraction of sp³-hybridized carbons (Fsp3) is 0.200. The second-order valence-electron chi connectivity index (χ2n) is 4.20. The van der Waals surface area contributed by atoms with Crippen molar-refractivity contribution < 1.29 is 9.21 Å². The van der Waals surface area contributed by atoms with Gasteiger partial charge < -0.3 is 9.32 Å². The van der Waals surface area contributed by atoms with E-state index >= 15 is 0 Å². The van der Waals surface area contributed by atoms with E-state index in [1.807, 2.05) is 25.1 Å².